The Balaban J connectivity index is 2.81. The van der Waals surface area contributed by atoms with Crippen LogP contribution >= 0.6 is 15.9 Å². The molecule has 0 fully saturated rings. The number of hydrogen-bond acceptors (Lipinski definition) is 2. The van der Waals surface area contributed by atoms with Gasteiger partial charge in [0.05, 0.1) is 13.2 Å². The van der Waals surface area contributed by atoms with E-state index in [4.69, 9.17) is 10.5 Å². The Kier molecular flexibility index (Phi) is 4.78. The van der Waals surface area contributed by atoms with Crippen LogP contribution < -0.4 is 5.73 Å². The van der Waals surface area contributed by atoms with Gasteiger partial charge in [-0.25, -0.2) is 0 Å². The van der Waals surface area contributed by atoms with Crippen molar-refractivity contribution in [1.82, 2.24) is 0 Å². The van der Waals surface area contributed by atoms with E-state index in [2.05, 4.69) is 20.9 Å². The number of amidine groups is 1. The molecule has 2 N–H and O–H groups in total. The SMILES string of the molecule is COCCN=C(N)c1ccc(C)cc1Br. The lowest BCUT2D eigenvalue weighted by Crippen LogP contribution is -2.15. The third-order valence-corrected chi connectivity index (χ3v) is 2.63. The minimum absolute atomic E-state index is 0.541. The second-order valence-corrected chi connectivity index (χ2v) is 4.10. The molecule has 0 amide bonds. The molecule has 0 aliphatic carbocycles. The van der Waals surface area contributed by atoms with Gasteiger partial charge in [-0.3, -0.25) is 4.99 Å². The smallest absolute Gasteiger partial charge is 0.126 e. The molecule has 0 unspecified atom stereocenters. The van der Waals surface area contributed by atoms with Crippen molar-refractivity contribution in [3.8, 4) is 0 Å². The molecule has 0 aliphatic heterocycles. The Morgan fingerprint density at radius 3 is 2.87 bits per heavy atom. The topological polar surface area (TPSA) is 47.6 Å². The van der Waals surface area contributed by atoms with Gasteiger partial charge in [0.15, 0.2) is 0 Å². The van der Waals surface area contributed by atoms with E-state index in [0.717, 1.165) is 10.0 Å². The summed E-state index contributed by atoms with van der Waals surface area (Å²) in [5.41, 5.74) is 7.97. The van der Waals surface area contributed by atoms with E-state index in [0.29, 0.717) is 19.0 Å². The van der Waals surface area contributed by atoms with Gasteiger partial charge in [-0.1, -0.05) is 22.0 Å². The summed E-state index contributed by atoms with van der Waals surface area (Å²) in [7, 11) is 1.65. The van der Waals surface area contributed by atoms with Gasteiger partial charge in [-0.2, -0.15) is 0 Å². The molecule has 3 nitrogen and oxygen atoms in total. The highest BCUT2D eigenvalue weighted by atomic mass is 79.9. The molecule has 0 aromatic heterocycles. The summed E-state index contributed by atoms with van der Waals surface area (Å²) in [6.07, 6.45) is 0. The Morgan fingerprint density at radius 1 is 1.53 bits per heavy atom. The first-order valence-corrected chi connectivity index (χ1v) is 5.50. The molecule has 0 spiro atoms. The standard InChI is InChI=1S/C11H15BrN2O/c1-8-3-4-9(10(12)7-8)11(13)14-5-6-15-2/h3-4,7H,5-6H2,1-2H3,(H2,13,14). The third kappa shape index (κ3) is 3.64. The molecular weight excluding hydrogens is 256 g/mol. The number of ether oxygens (including phenoxy) is 1. The minimum Gasteiger partial charge on any atom is -0.383 e. The van der Waals surface area contributed by atoms with Crippen molar-refractivity contribution in [2.75, 3.05) is 20.3 Å². The molecule has 0 saturated carbocycles. The maximum atomic E-state index is 5.85. The molecule has 0 heterocycles. The molecule has 82 valence electrons. The van der Waals surface area contributed by atoms with Crippen molar-refractivity contribution in [3.05, 3.63) is 33.8 Å². The number of aliphatic imine (C=N–C) groups is 1. The van der Waals surface area contributed by atoms with Crippen LogP contribution in [0.25, 0.3) is 0 Å². The molecular formula is C11H15BrN2O. The van der Waals surface area contributed by atoms with E-state index < -0.39 is 0 Å². The fourth-order valence-electron chi connectivity index (χ4n) is 1.17. The third-order valence-electron chi connectivity index (χ3n) is 1.98. The second-order valence-electron chi connectivity index (χ2n) is 3.24. The fourth-order valence-corrected chi connectivity index (χ4v) is 1.87. The number of nitrogens with zero attached hydrogens (tertiary/aromatic N) is 1. The molecule has 1 rings (SSSR count). The number of halogens is 1. The van der Waals surface area contributed by atoms with Gasteiger partial charge < -0.3 is 10.5 Å². The zero-order valence-electron chi connectivity index (χ0n) is 8.96. The highest BCUT2D eigenvalue weighted by molar-refractivity contribution is 9.10. The average molecular weight is 271 g/mol. The average Bonchev–Trinajstić information content (AvgIpc) is 2.17. The zero-order valence-corrected chi connectivity index (χ0v) is 10.5. The first kappa shape index (κ1) is 12.2. The first-order chi connectivity index (χ1) is 7.15. The quantitative estimate of drug-likeness (QED) is 0.518. The Bertz CT molecular complexity index is 364. The summed E-state index contributed by atoms with van der Waals surface area (Å²) < 4.78 is 5.88. The summed E-state index contributed by atoms with van der Waals surface area (Å²) in [6, 6.07) is 6.00. The molecule has 1 aromatic carbocycles. The second kappa shape index (κ2) is 5.88. The van der Waals surface area contributed by atoms with Gasteiger partial charge in [0.1, 0.15) is 5.84 Å². The predicted octanol–water partition coefficient (Wildman–Crippen LogP) is 2.11. The van der Waals surface area contributed by atoms with Crippen LogP contribution in [0.15, 0.2) is 27.7 Å². The van der Waals surface area contributed by atoms with Gasteiger partial charge >= 0.3 is 0 Å². The van der Waals surface area contributed by atoms with Gasteiger partial charge in [0.25, 0.3) is 0 Å². The van der Waals surface area contributed by atoms with Crippen LogP contribution in [0.5, 0.6) is 0 Å². The molecule has 4 heteroatoms. The summed E-state index contributed by atoms with van der Waals surface area (Å²) in [6.45, 7) is 3.21. The van der Waals surface area contributed by atoms with Gasteiger partial charge in [-0.15, -0.1) is 0 Å². The maximum absolute atomic E-state index is 5.85. The summed E-state index contributed by atoms with van der Waals surface area (Å²) in [5.74, 6) is 0.541. The van der Waals surface area contributed by atoms with Gasteiger partial charge in [0, 0.05) is 17.1 Å². The van der Waals surface area contributed by atoms with Gasteiger partial charge in [-0.05, 0) is 24.6 Å². The van der Waals surface area contributed by atoms with Crippen molar-refractivity contribution >= 4 is 21.8 Å². The number of aryl methyl sites for hydroxylation is 1. The van der Waals surface area contributed by atoms with Crippen molar-refractivity contribution < 1.29 is 4.74 Å². The van der Waals surface area contributed by atoms with Crippen molar-refractivity contribution in [3.63, 3.8) is 0 Å². The van der Waals surface area contributed by atoms with Crippen LogP contribution in [0.2, 0.25) is 0 Å². The Hall–Kier alpha value is -0.870. The number of benzene rings is 1. The van der Waals surface area contributed by atoms with Gasteiger partial charge in [0.2, 0.25) is 0 Å². The van der Waals surface area contributed by atoms with E-state index in [1.807, 2.05) is 25.1 Å². The number of hydrogen-bond donors (Lipinski definition) is 1. The van der Waals surface area contributed by atoms with E-state index in [9.17, 15) is 0 Å². The molecule has 0 aliphatic rings. The van der Waals surface area contributed by atoms with Crippen molar-refractivity contribution in [2.45, 2.75) is 6.92 Å². The number of rotatable bonds is 4. The van der Waals surface area contributed by atoms with Crippen LogP contribution in [0.4, 0.5) is 0 Å². The van der Waals surface area contributed by atoms with Crippen molar-refractivity contribution in [2.24, 2.45) is 10.7 Å². The summed E-state index contributed by atoms with van der Waals surface area (Å²) in [4.78, 5) is 4.21. The molecule has 0 saturated heterocycles. The summed E-state index contributed by atoms with van der Waals surface area (Å²) >= 11 is 3.46. The minimum atomic E-state index is 0.541. The van der Waals surface area contributed by atoms with E-state index in [-0.39, 0.29) is 0 Å². The first-order valence-electron chi connectivity index (χ1n) is 4.70. The fraction of sp³-hybridized carbons (Fsp3) is 0.364. The van der Waals surface area contributed by atoms with Crippen LogP contribution in [-0.2, 0) is 4.74 Å². The normalized spacial score (nSPS) is 11.8. The molecule has 0 radical (unpaired) electrons. The highest BCUT2D eigenvalue weighted by Gasteiger charge is 2.03. The largest absolute Gasteiger partial charge is 0.383 e. The lowest BCUT2D eigenvalue weighted by molar-refractivity contribution is 0.208. The lowest BCUT2D eigenvalue weighted by atomic mass is 10.1. The van der Waals surface area contributed by atoms with Crippen molar-refractivity contribution in [1.29, 1.82) is 0 Å². The molecule has 15 heavy (non-hydrogen) atoms. The van der Waals surface area contributed by atoms with Crippen LogP contribution in [0, 0.1) is 6.92 Å². The summed E-state index contributed by atoms with van der Waals surface area (Å²) in [5, 5.41) is 0. The molecule has 0 atom stereocenters. The number of methoxy groups -OCH3 is 1. The Labute approximate surface area is 98.5 Å². The monoisotopic (exact) mass is 270 g/mol. The van der Waals surface area contributed by atoms with Crippen LogP contribution in [0.1, 0.15) is 11.1 Å². The Morgan fingerprint density at radius 2 is 2.27 bits per heavy atom. The maximum Gasteiger partial charge on any atom is 0.126 e. The lowest BCUT2D eigenvalue weighted by Gasteiger charge is -2.05. The predicted molar refractivity (Wildman–Crippen MR) is 66.3 cm³/mol. The zero-order chi connectivity index (χ0) is 11.3. The van der Waals surface area contributed by atoms with E-state index >= 15 is 0 Å². The highest BCUT2D eigenvalue weighted by Crippen LogP contribution is 2.17. The van der Waals surface area contributed by atoms with Crippen LogP contribution in [-0.4, -0.2) is 26.1 Å². The van der Waals surface area contributed by atoms with E-state index in [1.54, 1.807) is 7.11 Å². The number of nitrogens with two attached hydrogens (primary N) is 1. The molecule has 0 bridgehead atoms. The molecule has 1 aromatic rings. The van der Waals surface area contributed by atoms with Crippen LogP contribution in [0.3, 0.4) is 0 Å². The van der Waals surface area contributed by atoms with E-state index in [1.165, 1.54) is 5.56 Å².